The number of carbonyl (C=O) groups is 1. The van der Waals surface area contributed by atoms with Crippen molar-refractivity contribution in [2.24, 2.45) is 5.73 Å². The molecule has 3 N–H and O–H groups in total. The topological polar surface area (TPSA) is 95.1 Å². The van der Waals surface area contributed by atoms with E-state index in [1.165, 1.54) is 4.68 Å². The van der Waals surface area contributed by atoms with Crippen LogP contribution in [0, 0.1) is 5.82 Å². The zero-order valence-electron chi connectivity index (χ0n) is 13.5. The lowest BCUT2D eigenvalue weighted by Crippen LogP contribution is -2.33. The summed E-state index contributed by atoms with van der Waals surface area (Å²) in [4.78, 5) is 16.0. The molecule has 0 bridgehead atoms. The summed E-state index contributed by atoms with van der Waals surface area (Å²) in [5, 5.41) is 7.43. The van der Waals surface area contributed by atoms with E-state index >= 15 is 0 Å². The van der Waals surface area contributed by atoms with Crippen molar-refractivity contribution >= 4 is 5.91 Å². The molecule has 7 nitrogen and oxygen atoms in total. The van der Waals surface area contributed by atoms with Gasteiger partial charge in [0.1, 0.15) is 6.10 Å². The maximum atomic E-state index is 14.4. The zero-order valence-corrected chi connectivity index (χ0v) is 13.5. The molecule has 0 spiro atoms. The molecule has 2 aromatic rings. The van der Waals surface area contributed by atoms with E-state index in [0.717, 1.165) is 18.7 Å². The van der Waals surface area contributed by atoms with Crippen molar-refractivity contribution in [2.45, 2.75) is 25.9 Å². The maximum Gasteiger partial charge on any atom is 0.270 e. The molecule has 0 saturated carbocycles. The number of nitrogens with zero attached hydrogens (tertiary/aromatic N) is 3. The van der Waals surface area contributed by atoms with Crippen LogP contribution < -0.4 is 11.1 Å². The number of carbonyl (C=O) groups excluding carboxylic acids is 1. The Kier molecular flexibility index (Phi) is 4.86. The molecular weight excluding hydrogens is 313 g/mol. The Hall–Kier alpha value is -2.32. The van der Waals surface area contributed by atoms with Gasteiger partial charge in [0.2, 0.25) is 0 Å². The van der Waals surface area contributed by atoms with Gasteiger partial charge in [-0.25, -0.2) is 9.07 Å². The fraction of sp³-hybridized carbons (Fsp3) is 0.438. The van der Waals surface area contributed by atoms with Gasteiger partial charge in [-0.05, 0) is 18.6 Å². The Morgan fingerprint density at radius 1 is 1.54 bits per heavy atom. The molecular formula is C16H20FN5O2. The number of nitrogens with two attached hydrogens (primary N) is 1. The third-order valence-corrected chi connectivity index (χ3v) is 3.89. The van der Waals surface area contributed by atoms with Crippen LogP contribution in [0.2, 0.25) is 0 Å². The number of aryl methyl sites for hydroxylation is 1. The van der Waals surface area contributed by atoms with Crippen LogP contribution in [0.15, 0.2) is 18.3 Å². The molecule has 1 atom stereocenters. The van der Waals surface area contributed by atoms with Gasteiger partial charge >= 0.3 is 0 Å². The highest BCUT2D eigenvalue weighted by Crippen LogP contribution is 2.21. The summed E-state index contributed by atoms with van der Waals surface area (Å²) in [5.74, 6) is -1.51. The molecule has 8 heteroatoms. The number of hydrogen-bond acceptors (Lipinski definition) is 5. The average Bonchev–Trinajstić information content (AvgIpc) is 2.93. The van der Waals surface area contributed by atoms with Gasteiger partial charge < -0.3 is 15.8 Å². The van der Waals surface area contributed by atoms with E-state index < -0.39 is 11.7 Å². The molecule has 0 aliphatic carbocycles. The summed E-state index contributed by atoms with van der Waals surface area (Å²) in [7, 11) is 0. The molecule has 0 radical (unpaired) electrons. The summed E-state index contributed by atoms with van der Waals surface area (Å²) >= 11 is 0. The number of rotatable bonds is 5. The minimum absolute atomic E-state index is 0.117. The molecule has 3 rings (SSSR count). The smallest absolute Gasteiger partial charge is 0.270 e. The van der Waals surface area contributed by atoms with Gasteiger partial charge in [-0.1, -0.05) is 13.3 Å². The number of primary amides is 1. The lowest BCUT2D eigenvalue weighted by atomic mass is 10.2. The number of nitrogens with one attached hydrogen (secondary N) is 1. The molecule has 1 amide bonds. The molecule has 1 saturated heterocycles. The molecule has 1 aliphatic heterocycles. The van der Waals surface area contributed by atoms with Gasteiger partial charge in [-0.2, -0.15) is 5.10 Å². The van der Waals surface area contributed by atoms with Crippen LogP contribution in [0.25, 0.3) is 5.69 Å². The van der Waals surface area contributed by atoms with Gasteiger partial charge in [0.05, 0.1) is 29.9 Å². The Bertz CT molecular complexity index is 723. The predicted octanol–water partition coefficient (Wildman–Crippen LogP) is 1.12. The normalized spacial score (nSPS) is 17.8. The summed E-state index contributed by atoms with van der Waals surface area (Å²) in [6.07, 6.45) is 2.58. The number of amides is 1. The highest BCUT2D eigenvalue weighted by Gasteiger charge is 2.23. The number of morpholine rings is 1. The van der Waals surface area contributed by atoms with Gasteiger partial charge in [0.15, 0.2) is 11.5 Å². The van der Waals surface area contributed by atoms with Gasteiger partial charge in [-0.3, -0.25) is 9.78 Å². The standard InChI is InChI=1S/C16H20FN5O2/c1-2-3-12-14(17)15(16(18)23)22(21-12)10-4-5-11(20-8-10)13-9-19-6-7-24-13/h4-5,8,13,19H,2-3,6-7,9H2,1H3,(H2,18,23)/t13-/m1/s1. The number of pyridine rings is 1. The van der Waals surface area contributed by atoms with Crippen molar-refractivity contribution in [3.05, 3.63) is 41.2 Å². The van der Waals surface area contributed by atoms with Gasteiger partial charge in [0, 0.05) is 13.1 Å². The minimum Gasteiger partial charge on any atom is -0.369 e. The molecule has 3 heterocycles. The lowest BCUT2D eigenvalue weighted by Gasteiger charge is -2.23. The quantitative estimate of drug-likeness (QED) is 0.855. The zero-order chi connectivity index (χ0) is 17.1. The van der Waals surface area contributed by atoms with Crippen molar-refractivity contribution in [2.75, 3.05) is 19.7 Å². The van der Waals surface area contributed by atoms with Crippen molar-refractivity contribution in [1.82, 2.24) is 20.1 Å². The van der Waals surface area contributed by atoms with Crippen molar-refractivity contribution in [3.63, 3.8) is 0 Å². The molecule has 24 heavy (non-hydrogen) atoms. The van der Waals surface area contributed by atoms with E-state index in [-0.39, 0.29) is 17.5 Å². The second-order valence-electron chi connectivity index (χ2n) is 5.64. The van der Waals surface area contributed by atoms with Crippen molar-refractivity contribution in [1.29, 1.82) is 0 Å². The van der Waals surface area contributed by atoms with E-state index in [4.69, 9.17) is 10.5 Å². The molecule has 1 aliphatic rings. The van der Waals surface area contributed by atoms with Crippen LogP contribution in [0.1, 0.15) is 41.3 Å². The summed E-state index contributed by atoms with van der Waals surface area (Å²) in [5.41, 5.74) is 6.56. The minimum atomic E-state index is -0.855. The van der Waals surface area contributed by atoms with Crippen LogP contribution in [-0.4, -0.2) is 40.4 Å². The first kappa shape index (κ1) is 16.5. The third-order valence-electron chi connectivity index (χ3n) is 3.89. The monoisotopic (exact) mass is 333 g/mol. The van der Waals surface area contributed by atoms with Crippen LogP contribution >= 0.6 is 0 Å². The summed E-state index contributed by atoms with van der Waals surface area (Å²) in [6, 6.07) is 3.52. The highest BCUT2D eigenvalue weighted by atomic mass is 19.1. The van der Waals surface area contributed by atoms with E-state index in [1.54, 1.807) is 18.3 Å². The number of aromatic nitrogens is 3. The Labute approximate surface area is 139 Å². The molecule has 2 aromatic heterocycles. The first-order chi connectivity index (χ1) is 11.6. The highest BCUT2D eigenvalue weighted by molar-refractivity contribution is 5.92. The largest absolute Gasteiger partial charge is 0.369 e. The van der Waals surface area contributed by atoms with Crippen molar-refractivity contribution in [3.8, 4) is 5.69 Å². The Morgan fingerprint density at radius 2 is 2.38 bits per heavy atom. The fourth-order valence-corrected chi connectivity index (χ4v) is 2.71. The fourth-order valence-electron chi connectivity index (χ4n) is 2.71. The number of halogens is 1. The average molecular weight is 333 g/mol. The Morgan fingerprint density at radius 3 is 2.96 bits per heavy atom. The van der Waals surface area contributed by atoms with E-state index in [1.807, 2.05) is 6.92 Å². The number of hydrogen-bond donors (Lipinski definition) is 2. The molecule has 0 aromatic carbocycles. The number of ether oxygens (including phenoxy) is 1. The SMILES string of the molecule is CCCc1nn(-c2ccc([C@H]3CNCCO3)nc2)c(C(N)=O)c1F. The van der Waals surface area contributed by atoms with E-state index in [0.29, 0.717) is 25.3 Å². The first-order valence-corrected chi connectivity index (χ1v) is 7.97. The third kappa shape index (κ3) is 3.15. The maximum absolute atomic E-state index is 14.4. The second-order valence-corrected chi connectivity index (χ2v) is 5.64. The first-order valence-electron chi connectivity index (χ1n) is 7.97. The van der Waals surface area contributed by atoms with Crippen LogP contribution in [0.4, 0.5) is 4.39 Å². The second kappa shape index (κ2) is 7.06. The molecule has 0 unspecified atom stereocenters. The van der Waals surface area contributed by atoms with Crippen LogP contribution in [-0.2, 0) is 11.2 Å². The van der Waals surface area contributed by atoms with Gasteiger partial charge in [-0.15, -0.1) is 0 Å². The lowest BCUT2D eigenvalue weighted by molar-refractivity contribution is 0.0250. The van der Waals surface area contributed by atoms with Crippen molar-refractivity contribution < 1.29 is 13.9 Å². The predicted molar refractivity (Wildman–Crippen MR) is 85.4 cm³/mol. The van der Waals surface area contributed by atoms with Crippen LogP contribution in [0.5, 0.6) is 0 Å². The summed E-state index contributed by atoms with van der Waals surface area (Å²) in [6.45, 7) is 4.06. The molecule has 1 fully saturated rings. The van der Waals surface area contributed by atoms with E-state index in [2.05, 4.69) is 15.4 Å². The molecule has 128 valence electrons. The summed E-state index contributed by atoms with van der Waals surface area (Å²) < 4.78 is 21.2. The van der Waals surface area contributed by atoms with Gasteiger partial charge in [0.25, 0.3) is 5.91 Å². The Balaban J connectivity index is 1.93. The van der Waals surface area contributed by atoms with Crippen LogP contribution in [0.3, 0.4) is 0 Å². The van der Waals surface area contributed by atoms with E-state index in [9.17, 15) is 9.18 Å².